The molecule has 0 amide bonds. The third-order valence-corrected chi connectivity index (χ3v) is 7.12. The minimum Gasteiger partial charge on any atom is -0.316 e. The van der Waals surface area contributed by atoms with Crippen LogP contribution < -0.4 is 5.32 Å². The molecule has 1 aromatic rings. The van der Waals surface area contributed by atoms with Gasteiger partial charge in [0, 0.05) is 25.4 Å². The molecule has 124 valence electrons. The first-order valence-corrected chi connectivity index (χ1v) is 10.5. The van der Waals surface area contributed by atoms with Gasteiger partial charge in [-0.3, -0.25) is 0 Å². The summed E-state index contributed by atoms with van der Waals surface area (Å²) in [5, 5.41) is 3.11. The number of likely N-dealkylation sites (N-methyl/N-ethyl adjacent to an activating group) is 1. The van der Waals surface area contributed by atoms with Crippen molar-refractivity contribution in [2.24, 2.45) is 0 Å². The van der Waals surface area contributed by atoms with Crippen molar-refractivity contribution in [2.45, 2.75) is 35.6 Å². The van der Waals surface area contributed by atoms with Crippen LogP contribution in [-0.2, 0) is 19.9 Å². The van der Waals surface area contributed by atoms with E-state index in [2.05, 4.69) is 5.32 Å². The predicted octanol–water partition coefficient (Wildman–Crippen LogP) is 0.771. The largest absolute Gasteiger partial charge is 0.316 e. The summed E-state index contributed by atoms with van der Waals surface area (Å²) in [4.78, 5) is 0.103. The molecular formula is C14H22N2O4S2. The lowest BCUT2D eigenvalue weighted by Gasteiger charge is -2.32. The average Bonchev–Trinajstić information content (AvgIpc) is 2.46. The summed E-state index contributed by atoms with van der Waals surface area (Å²) < 4.78 is 50.5. The minimum atomic E-state index is -3.69. The highest BCUT2D eigenvalue weighted by Crippen LogP contribution is 2.25. The molecule has 6 nitrogen and oxygen atoms in total. The lowest BCUT2D eigenvalue weighted by atomic mass is 10.1. The number of nitrogens with zero attached hydrogens (tertiary/aromatic N) is 1. The third kappa shape index (κ3) is 3.51. The van der Waals surface area contributed by atoms with Crippen LogP contribution in [0.3, 0.4) is 0 Å². The molecule has 22 heavy (non-hydrogen) atoms. The summed E-state index contributed by atoms with van der Waals surface area (Å²) in [5.74, 6) is 0. The predicted molar refractivity (Wildman–Crippen MR) is 85.1 cm³/mol. The average molecular weight is 346 g/mol. The van der Waals surface area contributed by atoms with Crippen molar-refractivity contribution >= 4 is 19.9 Å². The second-order valence-electron chi connectivity index (χ2n) is 5.69. The Hall–Kier alpha value is -0.960. The number of sulfone groups is 1. The maximum atomic E-state index is 12.9. The Kier molecular flexibility index (Phi) is 4.96. The van der Waals surface area contributed by atoms with Crippen LogP contribution in [0.15, 0.2) is 28.0 Å². The summed E-state index contributed by atoms with van der Waals surface area (Å²) in [7, 11) is -5.32. The van der Waals surface area contributed by atoms with Gasteiger partial charge in [-0.25, -0.2) is 16.8 Å². The van der Waals surface area contributed by atoms with Crippen molar-refractivity contribution in [2.75, 3.05) is 26.4 Å². The fourth-order valence-electron chi connectivity index (χ4n) is 2.62. The Morgan fingerprint density at radius 2 is 1.91 bits per heavy atom. The molecule has 1 atom stereocenters. The Labute approximate surface area is 132 Å². The SMILES string of the molecule is CNC1CCCN(S(=O)(=O)c2cc(S(C)(=O)=O)ccc2C)C1. The first-order chi connectivity index (χ1) is 10.2. The molecule has 2 rings (SSSR count). The molecule has 0 aromatic heterocycles. The standard InChI is InChI=1S/C14H22N2O4S2/c1-11-6-7-13(21(3,17)18)9-14(11)22(19,20)16-8-4-5-12(10-16)15-2/h6-7,9,12,15H,4-5,8,10H2,1-3H3. The highest BCUT2D eigenvalue weighted by Gasteiger charge is 2.31. The lowest BCUT2D eigenvalue weighted by Crippen LogP contribution is -2.47. The van der Waals surface area contributed by atoms with Gasteiger partial charge < -0.3 is 5.32 Å². The summed E-state index contributed by atoms with van der Waals surface area (Å²) in [5.41, 5.74) is 0.555. The fourth-order valence-corrected chi connectivity index (χ4v) is 5.12. The Morgan fingerprint density at radius 3 is 2.50 bits per heavy atom. The summed E-state index contributed by atoms with van der Waals surface area (Å²) in [6, 6.07) is 4.38. The second kappa shape index (κ2) is 6.27. The monoisotopic (exact) mass is 346 g/mol. The van der Waals surface area contributed by atoms with E-state index in [0.717, 1.165) is 19.1 Å². The highest BCUT2D eigenvalue weighted by molar-refractivity contribution is 7.91. The maximum Gasteiger partial charge on any atom is 0.243 e. The Morgan fingerprint density at radius 1 is 1.23 bits per heavy atom. The van der Waals surface area contributed by atoms with Crippen LogP contribution in [0.2, 0.25) is 0 Å². The first kappa shape index (κ1) is 17.4. The van der Waals surface area contributed by atoms with Gasteiger partial charge in [-0.15, -0.1) is 0 Å². The summed E-state index contributed by atoms with van der Waals surface area (Å²) in [6.45, 7) is 2.54. The molecule has 1 aromatic carbocycles. The van der Waals surface area contributed by atoms with Gasteiger partial charge in [0.05, 0.1) is 9.79 Å². The van der Waals surface area contributed by atoms with Gasteiger partial charge in [-0.05, 0) is 44.5 Å². The number of hydrogen-bond donors (Lipinski definition) is 1. The molecule has 1 saturated heterocycles. The molecule has 0 spiro atoms. The van der Waals surface area contributed by atoms with E-state index < -0.39 is 19.9 Å². The fraction of sp³-hybridized carbons (Fsp3) is 0.571. The van der Waals surface area contributed by atoms with Gasteiger partial charge in [0.25, 0.3) is 0 Å². The Bertz CT molecular complexity index is 757. The van der Waals surface area contributed by atoms with E-state index in [0.29, 0.717) is 18.7 Å². The van der Waals surface area contributed by atoms with Crippen LogP contribution >= 0.6 is 0 Å². The van der Waals surface area contributed by atoms with Crippen LogP contribution in [-0.4, -0.2) is 53.6 Å². The number of sulfonamides is 1. The van der Waals surface area contributed by atoms with E-state index in [-0.39, 0.29) is 15.8 Å². The minimum absolute atomic E-state index is 0.0267. The third-order valence-electron chi connectivity index (χ3n) is 4.00. The van der Waals surface area contributed by atoms with E-state index in [1.165, 1.54) is 16.4 Å². The van der Waals surface area contributed by atoms with Crippen molar-refractivity contribution in [1.29, 1.82) is 0 Å². The molecule has 0 bridgehead atoms. The van der Waals surface area contributed by atoms with E-state index in [1.807, 2.05) is 7.05 Å². The smallest absolute Gasteiger partial charge is 0.243 e. The molecule has 1 fully saturated rings. The van der Waals surface area contributed by atoms with Gasteiger partial charge in [0.2, 0.25) is 10.0 Å². The van der Waals surface area contributed by atoms with Crippen molar-refractivity contribution in [3.05, 3.63) is 23.8 Å². The highest BCUT2D eigenvalue weighted by atomic mass is 32.2. The number of benzene rings is 1. The number of nitrogens with one attached hydrogen (secondary N) is 1. The lowest BCUT2D eigenvalue weighted by molar-refractivity contribution is 0.292. The summed E-state index contributed by atoms with van der Waals surface area (Å²) in [6.07, 6.45) is 2.80. The van der Waals surface area contributed by atoms with Gasteiger partial charge in [-0.2, -0.15) is 4.31 Å². The molecule has 1 unspecified atom stereocenters. The van der Waals surface area contributed by atoms with Gasteiger partial charge in [0.1, 0.15) is 0 Å². The summed E-state index contributed by atoms with van der Waals surface area (Å²) >= 11 is 0. The van der Waals surface area contributed by atoms with E-state index in [1.54, 1.807) is 13.0 Å². The molecule has 1 aliphatic heterocycles. The molecule has 0 saturated carbocycles. The van der Waals surface area contributed by atoms with Crippen LogP contribution in [0.25, 0.3) is 0 Å². The van der Waals surface area contributed by atoms with Crippen LogP contribution in [0.4, 0.5) is 0 Å². The van der Waals surface area contributed by atoms with Crippen LogP contribution in [0.5, 0.6) is 0 Å². The number of hydrogen-bond acceptors (Lipinski definition) is 5. The normalized spacial score (nSPS) is 21.0. The molecule has 1 heterocycles. The number of piperidine rings is 1. The van der Waals surface area contributed by atoms with Crippen molar-refractivity contribution in [3.8, 4) is 0 Å². The molecule has 0 aliphatic carbocycles. The van der Waals surface area contributed by atoms with Gasteiger partial charge >= 0.3 is 0 Å². The molecular weight excluding hydrogens is 324 g/mol. The van der Waals surface area contributed by atoms with Crippen molar-refractivity contribution in [3.63, 3.8) is 0 Å². The molecule has 1 aliphatic rings. The molecule has 8 heteroatoms. The molecule has 0 radical (unpaired) electrons. The zero-order valence-corrected chi connectivity index (χ0v) is 14.7. The maximum absolute atomic E-state index is 12.9. The number of rotatable bonds is 4. The van der Waals surface area contributed by atoms with Crippen LogP contribution in [0.1, 0.15) is 18.4 Å². The van der Waals surface area contributed by atoms with Crippen molar-refractivity contribution in [1.82, 2.24) is 9.62 Å². The molecule has 1 N–H and O–H groups in total. The zero-order chi connectivity index (χ0) is 16.5. The Balaban J connectivity index is 2.45. The van der Waals surface area contributed by atoms with E-state index >= 15 is 0 Å². The topological polar surface area (TPSA) is 83.6 Å². The van der Waals surface area contributed by atoms with Crippen LogP contribution in [0, 0.1) is 6.92 Å². The van der Waals surface area contributed by atoms with E-state index in [4.69, 9.17) is 0 Å². The van der Waals surface area contributed by atoms with Gasteiger partial charge in [0.15, 0.2) is 9.84 Å². The zero-order valence-electron chi connectivity index (χ0n) is 13.0. The van der Waals surface area contributed by atoms with Gasteiger partial charge in [-0.1, -0.05) is 6.07 Å². The quantitative estimate of drug-likeness (QED) is 0.871. The first-order valence-electron chi connectivity index (χ1n) is 7.14. The number of aryl methyl sites for hydroxylation is 1. The van der Waals surface area contributed by atoms with E-state index in [9.17, 15) is 16.8 Å². The second-order valence-corrected chi connectivity index (χ2v) is 9.61. The van der Waals surface area contributed by atoms with Crippen molar-refractivity contribution < 1.29 is 16.8 Å².